The number of carboxylic acids is 1. The maximum absolute atomic E-state index is 10.1. The molecular weight excluding hydrogens is 134 g/mol. The number of hydrogen-bond donors (Lipinski definition) is 2. The standard InChI is InChI=1S/C6H13NO3/c1-4(6(9)10)2-5(8)3-7/h4-5,8H,2-3,7H2,1H3,(H,9,10)/t4-,5-/m0/s1. The van der Waals surface area contributed by atoms with Gasteiger partial charge in [-0.05, 0) is 12.3 Å². The van der Waals surface area contributed by atoms with Crippen LogP contribution in [0.15, 0.2) is 0 Å². The van der Waals surface area contributed by atoms with Gasteiger partial charge in [-0.1, -0.05) is 6.92 Å². The van der Waals surface area contributed by atoms with Gasteiger partial charge in [-0.2, -0.15) is 0 Å². The number of hydrogen-bond acceptors (Lipinski definition) is 3. The first-order valence-corrected chi connectivity index (χ1v) is 3.26. The van der Waals surface area contributed by atoms with Crippen molar-refractivity contribution >= 4 is 5.97 Å². The van der Waals surface area contributed by atoms with Crippen molar-refractivity contribution in [3.63, 3.8) is 0 Å². The molecule has 0 rings (SSSR count). The SMILES string of the molecule is C[C@@H](C[C@H](O)C[NH3+])C(=O)[O-]. The van der Waals surface area contributed by atoms with Crippen molar-refractivity contribution in [3.05, 3.63) is 0 Å². The molecule has 0 aromatic carbocycles. The second kappa shape index (κ2) is 4.24. The van der Waals surface area contributed by atoms with Crippen LogP contribution in [0, 0.1) is 5.92 Å². The van der Waals surface area contributed by atoms with Gasteiger partial charge in [0.2, 0.25) is 0 Å². The molecule has 0 amide bonds. The number of carboxylic acid groups (broad SMARTS) is 1. The smallest absolute Gasteiger partial charge is 0.103 e. The third kappa shape index (κ3) is 3.42. The summed E-state index contributed by atoms with van der Waals surface area (Å²) >= 11 is 0. The zero-order valence-corrected chi connectivity index (χ0v) is 6.04. The first-order chi connectivity index (χ1) is 4.57. The number of carbonyl (C=O) groups excluding carboxylic acids is 1. The minimum atomic E-state index is -1.12. The minimum absolute atomic E-state index is 0.228. The van der Waals surface area contributed by atoms with Gasteiger partial charge in [0, 0.05) is 5.97 Å². The summed E-state index contributed by atoms with van der Waals surface area (Å²) in [6.07, 6.45) is -0.390. The Kier molecular flexibility index (Phi) is 3.99. The van der Waals surface area contributed by atoms with Crippen LogP contribution in [0.4, 0.5) is 0 Å². The molecule has 0 aliphatic carbocycles. The fourth-order valence-electron chi connectivity index (χ4n) is 0.622. The van der Waals surface area contributed by atoms with Gasteiger partial charge in [0.15, 0.2) is 0 Å². The predicted molar refractivity (Wildman–Crippen MR) is 32.5 cm³/mol. The predicted octanol–water partition coefficient (Wildman–Crippen LogP) is -2.63. The Hall–Kier alpha value is -0.610. The Morgan fingerprint density at radius 1 is 1.80 bits per heavy atom. The summed E-state index contributed by atoms with van der Waals surface area (Å²) < 4.78 is 0. The molecule has 0 radical (unpaired) electrons. The van der Waals surface area contributed by atoms with Crippen LogP contribution < -0.4 is 10.8 Å². The molecule has 0 heterocycles. The van der Waals surface area contributed by atoms with Gasteiger partial charge in [-0.15, -0.1) is 0 Å². The number of aliphatic hydroxyl groups is 1. The molecule has 4 nitrogen and oxygen atoms in total. The third-order valence-electron chi connectivity index (χ3n) is 1.36. The molecule has 0 saturated carbocycles. The Morgan fingerprint density at radius 3 is 2.60 bits per heavy atom. The lowest BCUT2D eigenvalue weighted by atomic mass is 10.0. The lowest BCUT2D eigenvalue weighted by Gasteiger charge is -2.13. The van der Waals surface area contributed by atoms with E-state index in [-0.39, 0.29) is 6.42 Å². The first-order valence-electron chi connectivity index (χ1n) is 3.26. The maximum atomic E-state index is 10.1. The summed E-state index contributed by atoms with van der Waals surface area (Å²) in [6.45, 7) is 1.85. The molecule has 60 valence electrons. The van der Waals surface area contributed by atoms with Gasteiger partial charge >= 0.3 is 0 Å². The molecule has 0 spiro atoms. The van der Waals surface area contributed by atoms with E-state index in [1.165, 1.54) is 6.92 Å². The fourth-order valence-corrected chi connectivity index (χ4v) is 0.622. The fraction of sp³-hybridized carbons (Fsp3) is 0.833. The lowest BCUT2D eigenvalue weighted by Crippen LogP contribution is -2.56. The van der Waals surface area contributed by atoms with Crippen LogP contribution in [0.25, 0.3) is 0 Å². The Morgan fingerprint density at radius 2 is 2.30 bits per heavy atom. The average Bonchev–Trinajstić information content (AvgIpc) is 1.87. The first kappa shape index (κ1) is 9.39. The summed E-state index contributed by atoms with van der Waals surface area (Å²) in [5, 5.41) is 19.0. The van der Waals surface area contributed by atoms with E-state index in [1.807, 2.05) is 0 Å². The number of rotatable bonds is 4. The molecule has 0 aliphatic rings. The van der Waals surface area contributed by atoms with Gasteiger partial charge in [0.25, 0.3) is 0 Å². The Bertz CT molecular complexity index is 116. The number of quaternary nitrogens is 1. The second-order valence-corrected chi connectivity index (χ2v) is 2.40. The molecular formula is C6H13NO3. The van der Waals surface area contributed by atoms with E-state index in [4.69, 9.17) is 5.11 Å². The molecule has 4 heteroatoms. The van der Waals surface area contributed by atoms with Crippen LogP contribution in [0.3, 0.4) is 0 Å². The van der Waals surface area contributed by atoms with Gasteiger partial charge in [-0.3, -0.25) is 0 Å². The van der Waals surface area contributed by atoms with Gasteiger partial charge in [-0.25, -0.2) is 0 Å². The largest absolute Gasteiger partial charge is 0.550 e. The zero-order valence-electron chi connectivity index (χ0n) is 6.04. The Labute approximate surface area is 59.7 Å². The van der Waals surface area contributed by atoms with E-state index in [1.54, 1.807) is 0 Å². The summed E-state index contributed by atoms with van der Waals surface area (Å²) in [7, 11) is 0. The van der Waals surface area contributed by atoms with E-state index in [0.717, 1.165) is 0 Å². The maximum Gasteiger partial charge on any atom is 0.103 e. The molecule has 0 aromatic rings. The zero-order chi connectivity index (χ0) is 8.15. The van der Waals surface area contributed by atoms with Crippen LogP contribution >= 0.6 is 0 Å². The van der Waals surface area contributed by atoms with E-state index in [2.05, 4.69) is 5.73 Å². The summed E-state index contributed by atoms with van der Waals surface area (Å²) in [5.41, 5.74) is 3.43. The van der Waals surface area contributed by atoms with Gasteiger partial charge in [0.1, 0.15) is 12.6 Å². The topological polar surface area (TPSA) is 88.0 Å². The highest BCUT2D eigenvalue weighted by atomic mass is 16.4. The summed E-state index contributed by atoms with van der Waals surface area (Å²) in [5.74, 6) is -1.70. The van der Waals surface area contributed by atoms with Crippen molar-refractivity contribution in [1.82, 2.24) is 0 Å². The molecule has 4 N–H and O–H groups in total. The van der Waals surface area contributed by atoms with Crippen LogP contribution in [0.5, 0.6) is 0 Å². The highest BCUT2D eigenvalue weighted by Crippen LogP contribution is 2.02. The number of aliphatic hydroxyl groups excluding tert-OH is 1. The van der Waals surface area contributed by atoms with Crippen LogP contribution in [0.1, 0.15) is 13.3 Å². The average molecular weight is 147 g/mol. The molecule has 0 unspecified atom stereocenters. The summed E-state index contributed by atoms with van der Waals surface area (Å²) in [6, 6.07) is 0. The van der Waals surface area contributed by atoms with Crippen molar-refractivity contribution in [3.8, 4) is 0 Å². The number of carbonyl (C=O) groups is 1. The molecule has 0 aliphatic heterocycles. The van der Waals surface area contributed by atoms with E-state index in [0.29, 0.717) is 6.54 Å². The van der Waals surface area contributed by atoms with Crippen molar-refractivity contribution in [2.45, 2.75) is 19.4 Å². The molecule has 2 atom stereocenters. The molecule has 0 bridgehead atoms. The molecule has 0 aromatic heterocycles. The summed E-state index contributed by atoms with van der Waals surface area (Å²) in [4.78, 5) is 10.1. The molecule has 0 fully saturated rings. The molecule has 10 heavy (non-hydrogen) atoms. The van der Waals surface area contributed by atoms with Crippen LogP contribution in [0.2, 0.25) is 0 Å². The highest BCUT2D eigenvalue weighted by molar-refractivity contribution is 5.67. The van der Waals surface area contributed by atoms with Crippen LogP contribution in [-0.4, -0.2) is 23.7 Å². The van der Waals surface area contributed by atoms with Crippen molar-refractivity contribution < 1.29 is 20.7 Å². The van der Waals surface area contributed by atoms with Gasteiger partial charge < -0.3 is 20.7 Å². The number of aliphatic carboxylic acids is 1. The quantitative estimate of drug-likeness (QED) is 0.456. The van der Waals surface area contributed by atoms with Crippen molar-refractivity contribution in [2.24, 2.45) is 5.92 Å². The Balaban J connectivity index is 3.56. The van der Waals surface area contributed by atoms with Crippen molar-refractivity contribution in [2.75, 3.05) is 6.54 Å². The minimum Gasteiger partial charge on any atom is -0.550 e. The molecule has 0 saturated heterocycles. The van der Waals surface area contributed by atoms with Crippen molar-refractivity contribution in [1.29, 1.82) is 0 Å². The van der Waals surface area contributed by atoms with Crippen LogP contribution in [-0.2, 0) is 4.79 Å². The highest BCUT2D eigenvalue weighted by Gasteiger charge is 2.10. The monoisotopic (exact) mass is 147 g/mol. The normalized spacial score (nSPS) is 16.3. The van der Waals surface area contributed by atoms with E-state index in [9.17, 15) is 9.90 Å². The van der Waals surface area contributed by atoms with E-state index < -0.39 is 18.0 Å². The second-order valence-electron chi connectivity index (χ2n) is 2.40. The van der Waals surface area contributed by atoms with E-state index >= 15 is 0 Å². The third-order valence-corrected chi connectivity index (χ3v) is 1.36. The lowest BCUT2D eigenvalue weighted by molar-refractivity contribution is -0.384. The van der Waals surface area contributed by atoms with Gasteiger partial charge in [0.05, 0.1) is 0 Å².